The lowest BCUT2D eigenvalue weighted by Crippen LogP contribution is -2.28. The van der Waals surface area contributed by atoms with Crippen LogP contribution in [0, 0.1) is 0 Å². The first-order valence-electron chi connectivity index (χ1n) is 7.57. The molecule has 7 nitrogen and oxygen atoms in total. The van der Waals surface area contributed by atoms with Crippen molar-refractivity contribution in [1.82, 2.24) is 4.72 Å². The minimum Gasteiger partial charge on any atom is -0.497 e. The first kappa shape index (κ1) is 19.2. The summed E-state index contributed by atoms with van der Waals surface area (Å²) in [5, 5.41) is 2.62. The topological polar surface area (TPSA) is 102 Å². The minimum atomic E-state index is -3.99. The Morgan fingerprint density at radius 2 is 1.77 bits per heavy atom. The van der Waals surface area contributed by atoms with Crippen LogP contribution in [0.1, 0.15) is 12.5 Å². The van der Waals surface area contributed by atoms with Crippen LogP contribution in [0.2, 0.25) is 0 Å². The van der Waals surface area contributed by atoms with E-state index < -0.39 is 15.9 Å². The summed E-state index contributed by atoms with van der Waals surface area (Å²) in [4.78, 5) is 22.8. The van der Waals surface area contributed by atoms with Gasteiger partial charge in [-0.2, -0.15) is 0 Å². The number of amides is 2. The second kappa shape index (κ2) is 8.30. The van der Waals surface area contributed by atoms with E-state index in [1.807, 2.05) is 4.72 Å². The van der Waals surface area contributed by atoms with E-state index in [1.54, 1.807) is 30.3 Å². The van der Waals surface area contributed by atoms with Gasteiger partial charge >= 0.3 is 0 Å². The van der Waals surface area contributed by atoms with Gasteiger partial charge < -0.3 is 10.1 Å². The quantitative estimate of drug-likeness (QED) is 0.755. The Kier molecular flexibility index (Phi) is 6.13. The number of methoxy groups -OCH3 is 1. The Morgan fingerprint density at radius 3 is 2.38 bits per heavy atom. The molecule has 2 aromatic rings. The number of hydrogen-bond acceptors (Lipinski definition) is 5. The zero-order valence-electron chi connectivity index (χ0n) is 14.2. The molecule has 0 radical (unpaired) electrons. The van der Waals surface area contributed by atoms with Crippen molar-refractivity contribution in [1.29, 1.82) is 0 Å². The summed E-state index contributed by atoms with van der Waals surface area (Å²) in [6, 6.07) is 12.5. The highest BCUT2D eigenvalue weighted by atomic mass is 32.2. The highest BCUT2D eigenvalue weighted by Crippen LogP contribution is 2.17. The molecule has 2 rings (SSSR count). The number of carbonyl (C=O) groups is 2. The van der Waals surface area contributed by atoms with Gasteiger partial charge in [-0.1, -0.05) is 18.2 Å². The monoisotopic (exact) mass is 374 g/mol. The summed E-state index contributed by atoms with van der Waals surface area (Å²) in [6.45, 7) is 1.40. The number of anilines is 1. The molecular weight excluding hydrogens is 356 g/mol. The maximum atomic E-state index is 12.2. The van der Waals surface area contributed by atoms with Crippen molar-refractivity contribution in [2.45, 2.75) is 11.8 Å². The largest absolute Gasteiger partial charge is 0.497 e. The Labute approximate surface area is 151 Å². The van der Waals surface area contributed by atoms with Crippen LogP contribution < -0.4 is 14.8 Å². The van der Waals surface area contributed by atoms with Gasteiger partial charge in [-0.05, 0) is 35.9 Å². The number of sulfonamides is 1. The summed E-state index contributed by atoms with van der Waals surface area (Å²) in [7, 11) is -2.57. The maximum absolute atomic E-state index is 12.2. The van der Waals surface area contributed by atoms with E-state index in [4.69, 9.17) is 4.74 Å². The van der Waals surface area contributed by atoms with Crippen molar-refractivity contribution in [2.75, 3.05) is 12.4 Å². The molecule has 2 aromatic carbocycles. The number of nitrogens with one attached hydrogen (secondary N) is 2. The number of benzene rings is 2. The van der Waals surface area contributed by atoms with Crippen LogP contribution in [0.15, 0.2) is 59.5 Å². The van der Waals surface area contributed by atoms with Gasteiger partial charge in [0, 0.05) is 24.8 Å². The molecule has 0 saturated carbocycles. The summed E-state index contributed by atoms with van der Waals surface area (Å²) in [5.74, 6) is -0.593. The van der Waals surface area contributed by atoms with Crippen LogP contribution in [0.25, 0.3) is 6.08 Å². The molecule has 8 heteroatoms. The number of ether oxygens (including phenoxy) is 1. The molecule has 0 saturated heterocycles. The van der Waals surface area contributed by atoms with E-state index in [-0.39, 0.29) is 10.8 Å². The lowest BCUT2D eigenvalue weighted by Gasteiger charge is -2.06. The smallest absolute Gasteiger partial charge is 0.264 e. The molecular formula is C18H18N2O5S. The molecule has 0 fully saturated rings. The standard InChI is InChI=1S/C18H18N2O5S/c1-13(21)19-15-9-6-14(7-10-15)8-11-18(22)20-26(23,24)17-5-3-4-16(12-17)25-2/h3-12H,1-2H3,(H,19,21)(H,20,22). The summed E-state index contributed by atoms with van der Waals surface area (Å²) in [5.41, 5.74) is 1.30. The highest BCUT2D eigenvalue weighted by Gasteiger charge is 2.16. The normalized spacial score (nSPS) is 11.2. The van der Waals surface area contributed by atoms with E-state index in [1.165, 1.54) is 38.3 Å². The molecule has 0 atom stereocenters. The minimum absolute atomic E-state index is 0.0711. The Balaban J connectivity index is 2.05. The van der Waals surface area contributed by atoms with Gasteiger partial charge in [0.05, 0.1) is 12.0 Å². The maximum Gasteiger partial charge on any atom is 0.264 e. The van der Waals surface area contributed by atoms with Gasteiger partial charge in [0.15, 0.2) is 0 Å². The third-order valence-electron chi connectivity index (χ3n) is 3.24. The summed E-state index contributed by atoms with van der Waals surface area (Å²) < 4.78 is 31.4. The Bertz CT molecular complexity index is 934. The van der Waals surface area contributed by atoms with Gasteiger partial charge in [-0.15, -0.1) is 0 Å². The van der Waals surface area contributed by atoms with Crippen molar-refractivity contribution in [2.24, 2.45) is 0 Å². The average Bonchev–Trinajstić information content (AvgIpc) is 2.60. The van der Waals surface area contributed by atoms with Gasteiger partial charge in [-0.3, -0.25) is 9.59 Å². The van der Waals surface area contributed by atoms with Crippen molar-refractivity contribution >= 4 is 33.6 Å². The molecule has 2 amide bonds. The van der Waals surface area contributed by atoms with E-state index >= 15 is 0 Å². The third kappa shape index (κ3) is 5.45. The molecule has 0 bridgehead atoms. The first-order valence-corrected chi connectivity index (χ1v) is 9.05. The molecule has 136 valence electrons. The molecule has 0 aliphatic rings. The SMILES string of the molecule is COc1cccc(S(=O)(=O)NC(=O)C=Cc2ccc(NC(C)=O)cc2)c1. The Hall–Kier alpha value is -3.13. The third-order valence-corrected chi connectivity index (χ3v) is 4.59. The molecule has 26 heavy (non-hydrogen) atoms. The summed E-state index contributed by atoms with van der Waals surface area (Å²) >= 11 is 0. The number of rotatable bonds is 6. The fourth-order valence-electron chi connectivity index (χ4n) is 2.05. The van der Waals surface area contributed by atoms with Crippen molar-refractivity contribution in [3.63, 3.8) is 0 Å². The van der Waals surface area contributed by atoms with Gasteiger partial charge in [0.25, 0.3) is 15.9 Å². The molecule has 0 aliphatic heterocycles. The fourth-order valence-corrected chi connectivity index (χ4v) is 3.03. The van der Waals surface area contributed by atoms with Gasteiger partial charge in [-0.25, -0.2) is 13.1 Å². The van der Waals surface area contributed by atoms with E-state index in [0.717, 1.165) is 6.08 Å². The lowest BCUT2D eigenvalue weighted by molar-refractivity contribution is -0.115. The molecule has 0 spiro atoms. The van der Waals surface area contributed by atoms with E-state index in [9.17, 15) is 18.0 Å². The number of carbonyl (C=O) groups excluding carboxylic acids is 2. The van der Waals surface area contributed by atoms with Crippen molar-refractivity contribution in [3.8, 4) is 5.75 Å². The fraction of sp³-hybridized carbons (Fsp3) is 0.111. The van der Waals surface area contributed by atoms with Gasteiger partial charge in [0.2, 0.25) is 5.91 Å². The predicted molar refractivity (Wildman–Crippen MR) is 98.1 cm³/mol. The average molecular weight is 374 g/mol. The van der Waals surface area contributed by atoms with Crippen LogP contribution in [0.5, 0.6) is 5.75 Å². The zero-order valence-corrected chi connectivity index (χ0v) is 15.0. The Morgan fingerprint density at radius 1 is 1.08 bits per heavy atom. The summed E-state index contributed by atoms with van der Waals surface area (Å²) in [6.07, 6.45) is 2.58. The van der Waals surface area contributed by atoms with Crippen LogP contribution in [-0.2, 0) is 19.6 Å². The molecule has 0 aliphatic carbocycles. The zero-order chi connectivity index (χ0) is 19.2. The van der Waals surface area contributed by atoms with E-state index in [2.05, 4.69) is 5.32 Å². The van der Waals surface area contributed by atoms with Crippen molar-refractivity contribution in [3.05, 3.63) is 60.2 Å². The molecule has 0 unspecified atom stereocenters. The first-order chi connectivity index (χ1) is 12.3. The molecule has 0 aromatic heterocycles. The van der Waals surface area contributed by atoms with Crippen LogP contribution in [-0.4, -0.2) is 27.3 Å². The van der Waals surface area contributed by atoms with Crippen LogP contribution in [0.4, 0.5) is 5.69 Å². The lowest BCUT2D eigenvalue weighted by atomic mass is 10.2. The van der Waals surface area contributed by atoms with Crippen LogP contribution in [0.3, 0.4) is 0 Å². The number of hydrogen-bond donors (Lipinski definition) is 2. The van der Waals surface area contributed by atoms with Crippen LogP contribution >= 0.6 is 0 Å². The molecule has 0 heterocycles. The van der Waals surface area contributed by atoms with Gasteiger partial charge in [0.1, 0.15) is 5.75 Å². The second-order valence-corrected chi connectivity index (χ2v) is 6.97. The van der Waals surface area contributed by atoms with Crippen molar-refractivity contribution < 1.29 is 22.7 Å². The predicted octanol–water partition coefficient (Wildman–Crippen LogP) is 2.17. The highest BCUT2D eigenvalue weighted by molar-refractivity contribution is 7.90. The second-order valence-electron chi connectivity index (χ2n) is 5.29. The molecule has 2 N–H and O–H groups in total. The van der Waals surface area contributed by atoms with E-state index in [0.29, 0.717) is 17.0 Å².